The van der Waals surface area contributed by atoms with Gasteiger partial charge in [-0.15, -0.1) is 0 Å². The standard InChI is InChI=1S/C21H25N5O/c1-25-12-9-17(15-25)20-18-8-5-10-23-21(18)26(24-20)13-11-22-19(27)14-16-6-3-2-4-7-16/h2-8,10,17H,9,11-15H2,1H3,(H,22,27)/t17-/m1/s1. The van der Waals surface area contributed by atoms with Gasteiger partial charge in [0, 0.05) is 30.6 Å². The largest absolute Gasteiger partial charge is 0.354 e. The van der Waals surface area contributed by atoms with E-state index >= 15 is 0 Å². The van der Waals surface area contributed by atoms with Crippen LogP contribution in [0.4, 0.5) is 0 Å². The van der Waals surface area contributed by atoms with E-state index in [2.05, 4.69) is 28.3 Å². The van der Waals surface area contributed by atoms with Gasteiger partial charge in [0.25, 0.3) is 0 Å². The summed E-state index contributed by atoms with van der Waals surface area (Å²) in [5.74, 6) is 0.485. The van der Waals surface area contributed by atoms with Gasteiger partial charge in [-0.2, -0.15) is 5.10 Å². The summed E-state index contributed by atoms with van der Waals surface area (Å²) in [6, 6.07) is 13.9. The van der Waals surface area contributed by atoms with Gasteiger partial charge < -0.3 is 10.2 Å². The highest BCUT2D eigenvalue weighted by atomic mass is 16.1. The fourth-order valence-electron chi connectivity index (χ4n) is 3.79. The zero-order valence-corrected chi connectivity index (χ0v) is 15.6. The van der Waals surface area contributed by atoms with Crippen LogP contribution in [0.2, 0.25) is 0 Å². The number of hydrogen-bond acceptors (Lipinski definition) is 4. The molecule has 1 saturated heterocycles. The molecule has 0 aliphatic carbocycles. The van der Waals surface area contributed by atoms with Crippen LogP contribution < -0.4 is 5.32 Å². The quantitative estimate of drug-likeness (QED) is 0.729. The Balaban J connectivity index is 1.42. The van der Waals surface area contributed by atoms with Crippen molar-refractivity contribution in [1.82, 2.24) is 25.0 Å². The minimum atomic E-state index is 0.0308. The van der Waals surface area contributed by atoms with Crippen molar-refractivity contribution in [1.29, 1.82) is 0 Å². The fraction of sp³-hybridized carbons (Fsp3) is 0.381. The van der Waals surface area contributed by atoms with Gasteiger partial charge in [0.15, 0.2) is 5.65 Å². The molecule has 1 fully saturated rings. The summed E-state index contributed by atoms with van der Waals surface area (Å²) in [5, 5.41) is 8.99. The minimum absolute atomic E-state index is 0.0308. The van der Waals surface area contributed by atoms with Crippen molar-refractivity contribution in [2.45, 2.75) is 25.3 Å². The Morgan fingerprint density at radius 3 is 2.85 bits per heavy atom. The molecule has 0 unspecified atom stereocenters. The van der Waals surface area contributed by atoms with Crippen LogP contribution in [-0.2, 0) is 17.8 Å². The van der Waals surface area contributed by atoms with Gasteiger partial charge in [-0.1, -0.05) is 30.3 Å². The Bertz CT molecular complexity index is 921. The first-order valence-corrected chi connectivity index (χ1v) is 9.51. The number of likely N-dealkylation sites (N-methyl/N-ethyl adjacent to an activating group) is 1. The fourth-order valence-corrected chi connectivity index (χ4v) is 3.79. The number of aromatic nitrogens is 3. The summed E-state index contributed by atoms with van der Waals surface area (Å²) in [5.41, 5.74) is 3.06. The molecule has 1 atom stereocenters. The third kappa shape index (κ3) is 4.01. The molecule has 1 aliphatic rings. The van der Waals surface area contributed by atoms with Gasteiger partial charge in [-0.05, 0) is 37.7 Å². The topological polar surface area (TPSA) is 63.1 Å². The number of benzene rings is 1. The lowest BCUT2D eigenvalue weighted by Gasteiger charge is -2.08. The minimum Gasteiger partial charge on any atom is -0.354 e. The van der Waals surface area contributed by atoms with Crippen molar-refractivity contribution in [2.24, 2.45) is 0 Å². The maximum absolute atomic E-state index is 12.2. The molecule has 6 nitrogen and oxygen atoms in total. The molecule has 27 heavy (non-hydrogen) atoms. The van der Waals surface area contributed by atoms with Crippen molar-refractivity contribution in [2.75, 3.05) is 26.7 Å². The average molecular weight is 363 g/mol. The lowest BCUT2D eigenvalue weighted by molar-refractivity contribution is -0.120. The van der Waals surface area contributed by atoms with E-state index in [1.165, 1.54) is 0 Å². The number of likely N-dealkylation sites (tertiary alicyclic amines) is 1. The Hall–Kier alpha value is -2.73. The molecular weight excluding hydrogens is 338 g/mol. The molecule has 1 aromatic carbocycles. The van der Waals surface area contributed by atoms with Crippen LogP contribution in [-0.4, -0.2) is 52.3 Å². The van der Waals surface area contributed by atoms with Crippen LogP contribution in [0.5, 0.6) is 0 Å². The van der Waals surface area contributed by atoms with Crippen molar-refractivity contribution in [3.8, 4) is 0 Å². The van der Waals surface area contributed by atoms with Gasteiger partial charge in [-0.3, -0.25) is 4.79 Å². The van der Waals surface area contributed by atoms with E-state index in [9.17, 15) is 4.79 Å². The molecule has 0 saturated carbocycles. The molecule has 0 radical (unpaired) electrons. The van der Waals surface area contributed by atoms with Crippen molar-refractivity contribution in [3.05, 3.63) is 59.9 Å². The number of rotatable bonds is 6. The van der Waals surface area contributed by atoms with E-state index in [0.717, 1.165) is 41.8 Å². The lowest BCUT2D eigenvalue weighted by atomic mass is 10.0. The number of pyridine rings is 1. The maximum Gasteiger partial charge on any atom is 0.224 e. The van der Waals surface area contributed by atoms with Gasteiger partial charge >= 0.3 is 0 Å². The molecule has 0 spiro atoms. The van der Waals surface area contributed by atoms with Gasteiger partial charge in [0.05, 0.1) is 18.7 Å². The third-order valence-electron chi connectivity index (χ3n) is 5.17. The summed E-state index contributed by atoms with van der Waals surface area (Å²) in [4.78, 5) is 19.0. The lowest BCUT2D eigenvalue weighted by Crippen LogP contribution is -2.29. The summed E-state index contributed by atoms with van der Waals surface area (Å²) in [6.45, 7) is 3.31. The van der Waals surface area contributed by atoms with Crippen LogP contribution in [0.1, 0.15) is 23.6 Å². The number of amides is 1. The molecule has 1 aliphatic heterocycles. The maximum atomic E-state index is 12.2. The molecule has 6 heteroatoms. The molecule has 4 rings (SSSR count). The second-order valence-electron chi connectivity index (χ2n) is 7.24. The first-order valence-electron chi connectivity index (χ1n) is 9.51. The zero-order chi connectivity index (χ0) is 18.6. The second-order valence-corrected chi connectivity index (χ2v) is 7.24. The second kappa shape index (κ2) is 7.88. The number of carbonyl (C=O) groups is 1. The van der Waals surface area contributed by atoms with Gasteiger partial charge in [0.2, 0.25) is 5.91 Å². The molecular formula is C21H25N5O. The monoisotopic (exact) mass is 363 g/mol. The molecule has 1 N–H and O–H groups in total. The molecule has 1 amide bonds. The molecule has 0 bridgehead atoms. The zero-order valence-electron chi connectivity index (χ0n) is 15.6. The summed E-state index contributed by atoms with van der Waals surface area (Å²) >= 11 is 0. The summed E-state index contributed by atoms with van der Waals surface area (Å²) < 4.78 is 1.94. The number of hydrogen-bond donors (Lipinski definition) is 1. The Morgan fingerprint density at radius 1 is 1.22 bits per heavy atom. The Morgan fingerprint density at radius 2 is 2.07 bits per heavy atom. The number of fused-ring (bicyclic) bond motifs is 1. The highest BCUT2D eigenvalue weighted by Gasteiger charge is 2.26. The first-order chi connectivity index (χ1) is 13.2. The molecule has 3 aromatic rings. The van der Waals surface area contributed by atoms with Crippen molar-refractivity contribution >= 4 is 16.9 Å². The molecule has 3 heterocycles. The SMILES string of the molecule is CN1CC[C@@H](c2nn(CCNC(=O)Cc3ccccc3)c3ncccc23)C1. The van der Waals surface area contributed by atoms with E-state index < -0.39 is 0 Å². The molecule has 140 valence electrons. The Kier molecular flexibility index (Phi) is 5.16. The first kappa shape index (κ1) is 17.7. The molecule has 2 aromatic heterocycles. The van der Waals surface area contributed by atoms with E-state index in [1.54, 1.807) is 6.20 Å². The van der Waals surface area contributed by atoms with Crippen LogP contribution in [0.3, 0.4) is 0 Å². The van der Waals surface area contributed by atoms with Crippen LogP contribution in [0.15, 0.2) is 48.7 Å². The van der Waals surface area contributed by atoms with E-state index in [1.807, 2.05) is 41.1 Å². The predicted octanol–water partition coefficient (Wildman–Crippen LogP) is 2.21. The smallest absolute Gasteiger partial charge is 0.224 e. The average Bonchev–Trinajstić information content (AvgIpc) is 3.26. The van der Waals surface area contributed by atoms with Crippen molar-refractivity contribution in [3.63, 3.8) is 0 Å². The van der Waals surface area contributed by atoms with Crippen molar-refractivity contribution < 1.29 is 4.79 Å². The van der Waals surface area contributed by atoms with Gasteiger partial charge in [0.1, 0.15) is 0 Å². The highest BCUT2D eigenvalue weighted by molar-refractivity contribution is 5.79. The summed E-state index contributed by atoms with van der Waals surface area (Å²) in [7, 11) is 2.15. The van der Waals surface area contributed by atoms with Gasteiger partial charge in [-0.25, -0.2) is 9.67 Å². The van der Waals surface area contributed by atoms with Crippen LogP contribution in [0.25, 0.3) is 11.0 Å². The van der Waals surface area contributed by atoms with Crippen LogP contribution in [0, 0.1) is 0 Å². The number of carbonyl (C=O) groups excluding carboxylic acids is 1. The third-order valence-corrected chi connectivity index (χ3v) is 5.17. The number of nitrogens with zero attached hydrogens (tertiary/aromatic N) is 4. The highest BCUT2D eigenvalue weighted by Crippen LogP contribution is 2.30. The number of nitrogens with one attached hydrogen (secondary N) is 1. The summed E-state index contributed by atoms with van der Waals surface area (Å²) in [6.07, 6.45) is 3.34. The van der Waals surface area contributed by atoms with Crippen LogP contribution >= 0.6 is 0 Å². The van der Waals surface area contributed by atoms with E-state index in [0.29, 0.717) is 25.4 Å². The van der Waals surface area contributed by atoms with E-state index in [-0.39, 0.29) is 5.91 Å². The Labute approximate surface area is 159 Å². The normalized spacial score (nSPS) is 17.4. The van der Waals surface area contributed by atoms with E-state index in [4.69, 9.17) is 5.10 Å². The predicted molar refractivity (Wildman–Crippen MR) is 106 cm³/mol.